The zero-order chi connectivity index (χ0) is 18.1. The lowest BCUT2D eigenvalue weighted by atomic mass is 9.93. The Labute approximate surface area is 150 Å². The Bertz CT molecular complexity index is 692. The number of carbonyl (C=O) groups excluding carboxylic acids is 1. The summed E-state index contributed by atoms with van der Waals surface area (Å²) in [7, 11) is 0. The summed E-state index contributed by atoms with van der Waals surface area (Å²) >= 11 is 0. The molecule has 0 aliphatic carbocycles. The molecule has 0 radical (unpaired) electrons. The smallest absolute Gasteiger partial charge is 0.153 e. The van der Waals surface area contributed by atoms with Crippen LogP contribution in [-0.2, 0) is 6.42 Å². The van der Waals surface area contributed by atoms with Crippen LogP contribution in [-0.4, -0.2) is 19.5 Å². The maximum absolute atomic E-state index is 11.6. The van der Waals surface area contributed by atoms with E-state index in [1.165, 1.54) is 0 Å². The number of hydrogen-bond acceptors (Lipinski definition) is 3. The average Bonchev–Trinajstić information content (AvgIpc) is 2.66. The third kappa shape index (κ3) is 5.21. The zero-order valence-corrected chi connectivity index (χ0v) is 15.0. The van der Waals surface area contributed by atoms with Crippen molar-refractivity contribution < 1.29 is 14.3 Å². The first-order valence-electron chi connectivity index (χ1n) is 8.73. The van der Waals surface area contributed by atoms with Crippen LogP contribution >= 0.6 is 0 Å². The fraction of sp³-hybridized carbons (Fsp3) is 0.318. The molecule has 2 aromatic carbocycles. The van der Waals surface area contributed by atoms with Gasteiger partial charge in [-0.15, -0.1) is 6.58 Å². The lowest BCUT2D eigenvalue weighted by molar-refractivity contribution is 0.111. The Hall–Kier alpha value is -2.55. The molecule has 0 fully saturated rings. The molecule has 0 bridgehead atoms. The number of benzene rings is 2. The fourth-order valence-electron chi connectivity index (χ4n) is 2.65. The monoisotopic (exact) mass is 338 g/mol. The molecule has 0 saturated heterocycles. The lowest BCUT2D eigenvalue weighted by Crippen LogP contribution is -2.12. The highest BCUT2D eigenvalue weighted by Crippen LogP contribution is 2.30. The molecule has 3 nitrogen and oxygen atoms in total. The molecular weight excluding hydrogens is 312 g/mol. The molecule has 132 valence electrons. The van der Waals surface area contributed by atoms with Gasteiger partial charge in [-0.2, -0.15) is 0 Å². The molecule has 0 N–H and O–H groups in total. The second kappa shape index (κ2) is 9.67. The van der Waals surface area contributed by atoms with Crippen molar-refractivity contribution >= 4 is 6.29 Å². The van der Waals surface area contributed by atoms with Crippen molar-refractivity contribution in [2.24, 2.45) is 0 Å². The lowest BCUT2D eigenvalue weighted by Gasteiger charge is -2.17. The fourth-order valence-corrected chi connectivity index (χ4v) is 2.65. The topological polar surface area (TPSA) is 35.5 Å². The van der Waals surface area contributed by atoms with Crippen molar-refractivity contribution in [1.82, 2.24) is 0 Å². The summed E-state index contributed by atoms with van der Waals surface area (Å²) in [5.41, 5.74) is 2.75. The van der Waals surface area contributed by atoms with E-state index < -0.39 is 0 Å². The standard InChI is InChI=1S/C22H26O3/c1-4-9-18-14-19(17(3)5-2)15-20(16-23)22(18)25-13-12-24-21-10-7-6-8-11-21/h4,6-8,10-11,14-17H,1,5,9,12-13H2,2-3H3. The Morgan fingerprint density at radius 2 is 1.84 bits per heavy atom. The summed E-state index contributed by atoms with van der Waals surface area (Å²) in [5, 5.41) is 0. The molecule has 0 heterocycles. The van der Waals surface area contributed by atoms with Gasteiger partial charge < -0.3 is 9.47 Å². The SMILES string of the molecule is C=CCc1cc(C(C)CC)cc(C=O)c1OCCOc1ccccc1. The molecule has 0 aliphatic rings. The maximum Gasteiger partial charge on any atom is 0.153 e. The van der Waals surface area contributed by atoms with E-state index in [-0.39, 0.29) is 0 Å². The molecule has 2 aromatic rings. The molecule has 0 spiro atoms. The minimum atomic E-state index is 0.378. The van der Waals surface area contributed by atoms with Gasteiger partial charge in [-0.25, -0.2) is 0 Å². The van der Waals surface area contributed by atoms with E-state index in [4.69, 9.17) is 9.47 Å². The number of allylic oxidation sites excluding steroid dienone is 1. The normalized spacial score (nSPS) is 11.6. The van der Waals surface area contributed by atoms with Gasteiger partial charge in [0.1, 0.15) is 24.7 Å². The van der Waals surface area contributed by atoms with E-state index in [1.807, 2.05) is 42.5 Å². The van der Waals surface area contributed by atoms with E-state index in [2.05, 4.69) is 26.5 Å². The highest BCUT2D eigenvalue weighted by molar-refractivity contribution is 5.81. The van der Waals surface area contributed by atoms with Gasteiger partial charge in [-0.1, -0.05) is 44.2 Å². The number of rotatable bonds is 10. The predicted molar refractivity (Wildman–Crippen MR) is 102 cm³/mol. The second-order valence-electron chi connectivity index (χ2n) is 6.03. The molecule has 1 atom stereocenters. The van der Waals surface area contributed by atoms with Gasteiger partial charge in [-0.05, 0) is 48.1 Å². The second-order valence-corrected chi connectivity index (χ2v) is 6.03. The third-order valence-corrected chi connectivity index (χ3v) is 4.23. The summed E-state index contributed by atoms with van der Waals surface area (Å²) in [6.07, 6.45) is 4.39. The first kappa shape index (κ1) is 18.8. The number of hydrogen-bond donors (Lipinski definition) is 0. The van der Waals surface area contributed by atoms with Crippen molar-refractivity contribution in [3.05, 3.63) is 71.8 Å². The van der Waals surface area contributed by atoms with E-state index in [0.29, 0.717) is 36.9 Å². The number of aldehydes is 1. The maximum atomic E-state index is 11.6. The zero-order valence-electron chi connectivity index (χ0n) is 15.0. The molecule has 25 heavy (non-hydrogen) atoms. The molecular formula is C22H26O3. The summed E-state index contributed by atoms with van der Waals surface area (Å²) < 4.78 is 11.5. The van der Waals surface area contributed by atoms with Crippen molar-refractivity contribution in [2.45, 2.75) is 32.6 Å². The van der Waals surface area contributed by atoms with Crippen LogP contribution in [0.3, 0.4) is 0 Å². The van der Waals surface area contributed by atoms with Crippen LogP contribution in [0.25, 0.3) is 0 Å². The van der Waals surface area contributed by atoms with Crippen LogP contribution in [0.5, 0.6) is 11.5 Å². The van der Waals surface area contributed by atoms with Gasteiger partial charge in [0.05, 0.1) is 5.56 Å². The van der Waals surface area contributed by atoms with Crippen LogP contribution < -0.4 is 9.47 Å². The number of ether oxygens (including phenoxy) is 2. The number of para-hydroxylation sites is 1. The summed E-state index contributed by atoms with van der Waals surface area (Å²) in [6, 6.07) is 13.7. The van der Waals surface area contributed by atoms with Crippen molar-refractivity contribution in [1.29, 1.82) is 0 Å². The van der Waals surface area contributed by atoms with Crippen molar-refractivity contribution in [3.8, 4) is 11.5 Å². The average molecular weight is 338 g/mol. The Morgan fingerprint density at radius 3 is 2.48 bits per heavy atom. The van der Waals surface area contributed by atoms with Gasteiger partial charge in [0, 0.05) is 0 Å². The van der Waals surface area contributed by atoms with Crippen LogP contribution in [0.15, 0.2) is 55.1 Å². The van der Waals surface area contributed by atoms with Crippen LogP contribution in [0.1, 0.15) is 47.7 Å². The Kier molecular flexibility index (Phi) is 7.27. The minimum absolute atomic E-state index is 0.378. The summed E-state index contributed by atoms with van der Waals surface area (Å²) in [6.45, 7) is 8.92. The largest absolute Gasteiger partial charge is 0.490 e. The first-order valence-corrected chi connectivity index (χ1v) is 8.73. The first-order chi connectivity index (χ1) is 12.2. The third-order valence-electron chi connectivity index (χ3n) is 4.23. The van der Waals surface area contributed by atoms with E-state index in [9.17, 15) is 4.79 Å². The predicted octanol–water partition coefficient (Wildman–Crippen LogP) is 5.20. The molecule has 3 heteroatoms. The quantitative estimate of drug-likeness (QED) is 0.339. The highest BCUT2D eigenvalue weighted by atomic mass is 16.5. The van der Waals surface area contributed by atoms with Crippen LogP contribution in [0, 0.1) is 0 Å². The molecule has 1 unspecified atom stereocenters. The van der Waals surface area contributed by atoms with E-state index in [0.717, 1.165) is 29.6 Å². The van der Waals surface area contributed by atoms with Gasteiger partial charge in [0.15, 0.2) is 6.29 Å². The summed E-state index contributed by atoms with van der Waals surface area (Å²) in [4.78, 5) is 11.6. The van der Waals surface area contributed by atoms with Crippen LogP contribution in [0.4, 0.5) is 0 Å². The minimum Gasteiger partial charge on any atom is -0.490 e. The molecule has 0 aromatic heterocycles. The van der Waals surface area contributed by atoms with Crippen LogP contribution in [0.2, 0.25) is 0 Å². The Balaban J connectivity index is 2.11. The van der Waals surface area contributed by atoms with Gasteiger partial charge in [0.25, 0.3) is 0 Å². The molecule has 2 rings (SSSR count). The summed E-state index contributed by atoms with van der Waals surface area (Å²) in [5.74, 6) is 1.84. The highest BCUT2D eigenvalue weighted by Gasteiger charge is 2.14. The van der Waals surface area contributed by atoms with Gasteiger partial charge >= 0.3 is 0 Å². The molecule has 0 saturated carbocycles. The van der Waals surface area contributed by atoms with Crippen molar-refractivity contribution in [3.63, 3.8) is 0 Å². The number of carbonyl (C=O) groups is 1. The van der Waals surface area contributed by atoms with Gasteiger partial charge in [0.2, 0.25) is 0 Å². The Morgan fingerprint density at radius 1 is 1.12 bits per heavy atom. The molecule has 0 aliphatic heterocycles. The van der Waals surface area contributed by atoms with E-state index in [1.54, 1.807) is 0 Å². The van der Waals surface area contributed by atoms with Gasteiger partial charge in [-0.3, -0.25) is 4.79 Å². The van der Waals surface area contributed by atoms with Crippen molar-refractivity contribution in [2.75, 3.05) is 13.2 Å². The van der Waals surface area contributed by atoms with E-state index >= 15 is 0 Å². The molecule has 0 amide bonds.